The number of carbonyl (C=O) groups excluding carboxylic acids is 4. The number of nitrogens with zero attached hydrogens (tertiary/aromatic N) is 2. The van der Waals surface area contributed by atoms with Crippen molar-refractivity contribution in [2.75, 3.05) is 29.9 Å². The molecule has 1 saturated heterocycles. The van der Waals surface area contributed by atoms with Crippen molar-refractivity contribution in [2.24, 2.45) is 0 Å². The Hall–Kier alpha value is -3.65. The Morgan fingerprint density at radius 2 is 1.64 bits per heavy atom. The quantitative estimate of drug-likeness (QED) is 0.429. The number of carbonyl (C=O) groups is 4. The number of hydrogen-bond acceptors (Lipinski definition) is 6. The van der Waals surface area contributed by atoms with Crippen molar-refractivity contribution in [3.05, 3.63) is 70.4 Å². The van der Waals surface area contributed by atoms with Crippen molar-refractivity contribution < 1.29 is 23.9 Å². The van der Waals surface area contributed by atoms with E-state index in [9.17, 15) is 19.2 Å². The van der Waals surface area contributed by atoms with Gasteiger partial charge in [0.1, 0.15) is 10.7 Å². The molecule has 2 aromatic carbocycles. The fourth-order valence-corrected chi connectivity index (χ4v) is 4.41. The lowest BCUT2D eigenvalue weighted by molar-refractivity contribution is -0.120. The molecule has 4 rings (SSSR count). The first kappa shape index (κ1) is 25.4. The Morgan fingerprint density at radius 3 is 2.31 bits per heavy atom. The second-order valence-electron chi connectivity index (χ2n) is 8.73. The van der Waals surface area contributed by atoms with Crippen LogP contribution >= 0.6 is 11.6 Å². The van der Waals surface area contributed by atoms with Gasteiger partial charge in [0, 0.05) is 24.3 Å². The summed E-state index contributed by atoms with van der Waals surface area (Å²) in [4.78, 5) is 53.8. The summed E-state index contributed by atoms with van der Waals surface area (Å²) < 4.78 is 5.10. The molecular formula is C27H28ClN3O5. The number of esters is 1. The van der Waals surface area contributed by atoms with E-state index >= 15 is 0 Å². The van der Waals surface area contributed by atoms with Crippen LogP contribution in [0.2, 0.25) is 0 Å². The minimum absolute atomic E-state index is 0.0615. The number of rotatable bonds is 7. The van der Waals surface area contributed by atoms with E-state index in [-0.39, 0.29) is 22.3 Å². The molecule has 2 heterocycles. The molecule has 0 aromatic heterocycles. The molecule has 3 amide bonds. The van der Waals surface area contributed by atoms with E-state index in [1.807, 2.05) is 11.8 Å². The lowest BCUT2D eigenvalue weighted by Gasteiger charge is -2.20. The van der Waals surface area contributed by atoms with E-state index in [1.165, 1.54) is 24.3 Å². The largest absolute Gasteiger partial charge is 0.462 e. The number of hydrogen-bond donors (Lipinski definition) is 1. The Morgan fingerprint density at radius 1 is 0.944 bits per heavy atom. The lowest BCUT2D eigenvalue weighted by Crippen LogP contribution is -2.32. The van der Waals surface area contributed by atoms with Crippen molar-refractivity contribution in [1.29, 1.82) is 0 Å². The number of amides is 3. The van der Waals surface area contributed by atoms with Crippen LogP contribution in [0.3, 0.4) is 0 Å². The van der Waals surface area contributed by atoms with Crippen LogP contribution in [0.15, 0.2) is 59.3 Å². The number of imide groups is 1. The topological polar surface area (TPSA) is 96.0 Å². The predicted molar refractivity (Wildman–Crippen MR) is 137 cm³/mol. The Kier molecular flexibility index (Phi) is 8.05. The molecule has 0 bridgehead atoms. The Balaban J connectivity index is 1.49. The van der Waals surface area contributed by atoms with Gasteiger partial charge in [-0.05, 0) is 61.7 Å². The fourth-order valence-electron chi connectivity index (χ4n) is 4.20. The summed E-state index contributed by atoms with van der Waals surface area (Å²) in [6.07, 6.45) is 4.92. The van der Waals surface area contributed by atoms with Crippen LogP contribution in [-0.2, 0) is 14.3 Å². The SMILES string of the molecule is CCCOC(=O)c1ccc(N2C(=O)C(Cl)=C(Nc3cccc(C(=O)N4CCCCCC4)c3)C2=O)cc1. The van der Waals surface area contributed by atoms with Crippen LogP contribution in [-0.4, -0.2) is 48.3 Å². The van der Waals surface area contributed by atoms with Gasteiger partial charge < -0.3 is 15.0 Å². The van der Waals surface area contributed by atoms with Crippen LogP contribution < -0.4 is 10.2 Å². The fraction of sp³-hybridized carbons (Fsp3) is 0.333. The summed E-state index contributed by atoms with van der Waals surface area (Å²) in [5.74, 6) is -1.85. The van der Waals surface area contributed by atoms with E-state index in [0.29, 0.717) is 29.8 Å². The number of nitrogens with one attached hydrogen (secondary N) is 1. The van der Waals surface area contributed by atoms with E-state index in [2.05, 4.69) is 5.32 Å². The highest BCUT2D eigenvalue weighted by Crippen LogP contribution is 2.30. The summed E-state index contributed by atoms with van der Waals surface area (Å²) in [7, 11) is 0. The molecule has 2 aliphatic heterocycles. The van der Waals surface area contributed by atoms with Crippen LogP contribution in [0.5, 0.6) is 0 Å². The van der Waals surface area contributed by atoms with Gasteiger partial charge in [0.15, 0.2) is 0 Å². The third kappa shape index (κ3) is 5.44. The number of anilines is 2. The first-order valence-corrected chi connectivity index (χ1v) is 12.5. The molecule has 0 radical (unpaired) electrons. The maximum absolute atomic E-state index is 13.1. The normalized spacial score (nSPS) is 16.3. The van der Waals surface area contributed by atoms with Gasteiger partial charge in [0.2, 0.25) is 0 Å². The minimum atomic E-state index is -0.678. The molecular weight excluding hydrogens is 482 g/mol. The maximum Gasteiger partial charge on any atom is 0.338 e. The van der Waals surface area contributed by atoms with Gasteiger partial charge in [-0.2, -0.15) is 0 Å². The molecule has 9 heteroatoms. The molecule has 0 saturated carbocycles. The summed E-state index contributed by atoms with van der Waals surface area (Å²) in [6, 6.07) is 12.8. The van der Waals surface area contributed by atoms with E-state index in [4.69, 9.17) is 16.3 Å². The highest BCUT2D eigenvalue weighted by atomic mass is 35.5. The van der Waals surface area contributed by atoms with Crippen LogP contribution in [0.1, 0.15) is 59.7 Å². The van der Waals surface area contributed by atoms with Crippen LogP contribution in [0.4, 0.5) is 11.4 Å². The first-order chi connectivity index (χ1) is 17.4. The molecule has 36 heavy (non-hydrogen) atoms. The van der Waals surface area contributed by atoms with Crippen molar-refractivity contribution in [1.82, 2.24) is 4.90 Å². The van der Waals surface area contributed by atoms with E-state index < -0.39 is 17.8 Å². The molecule has 188 valence electrons. The smallest absolute Gasteiger partial charge is 0.338 e. The Bertz CT molecular complexity index is 1200. The van der Waals surface area contributed by atoms with Crippen molar-refractivity contribution in [3.8, 4) is 0 Å². The second kappa shape index (κ2) is 11.4. The summed E-state index contributed by atoms with van der Waals surface area (Å²) in [5.41, 5.74) is 1.48. The summed E-state index contributed by atoms with van der Waals surface area (Å²) in [6.45, 7) is 3.66. The van der Waals surface area contributed by atoms with Gasteiger partial charge in [0.05, 0.1) is 17.9 Å². The molecule has 0 atom stereocenters. The van der Waals surface area contributed by atoms with Crippen molar-refractivity contribution >= 4 is 46.7 Å². The monoisotopic (exact) mass is 509 g/mol. The molecule has 0 unspecified atom stereocenters. The average molecular weight is 510 g/mol. The predicted octanol–water partition coefficient (Wildman–Crippen LogP) is 4.71. The van der Waals surface area contributed by atoms with Gasteiger partial charge in [-0.3, -0.25) is 14.4 Å². The van der Waals surface area contributed by atoms with Crippen molar-refractivity contribution in [3.63, 3.8) is 0 Å². The number of halogens is 1. The summed E-state index contributed by atoms with van der Waals surface area (Å²) >= 11 is 6.26. The zero-order valence-electron chi connectivity index (χ0n) is 20.1. The minimum Gasteiger partial charge on any atom is -0.462 e. The van der Waals surface area contributed by atoms with Crippen molar-refractivity contribution in [2.45, 2.75) is 39.0 Å². The molecule has 0 spiro atoms. The highest BCUT2D eigenvalue weighted by Gasteiger charge is 2.39. The van der Waals surface area contributed by atoms with E-state index in [0.717, 1.165) is 43.7 Å². The zero-order valence-corrected chi connectivity index (χ0v) is 20.8. The molecule has 2 aliphatic rings. The number of benzene rings is 2. The average Bonchev–Trinajstić information content (AvgIpc) is 3.09. The van der Waals surface area contributed by atoms with Gasteiger partial charge in [-0.1, -0.05) is 37.4 Å². The Labute approximate surface area is 214 Å². The van der Waals surface area contributed by atoms with Crippen LogP contribution in [0, 0.1) is 0 Å². The molecule has 1 fully saturated rings. The van der Waals surface area contributed by atoms with E-state index in [1.54, 1.807) is 24.3 Å². The number of likely N-dealkylation sites (tertiary alicyclic amines) is 1. The third-order valence-electron chi connectivity index (χ3n) is 6.10. The van der Waals surface area contributed by atoms with Crippen LogP contribution in [0.25, 0.3) is 0 Å². The lowest BCUT2D eigenvalue weighted by atomic mass is 10.1. The molecule has 2 aromatic rings. The van der Waals surface area contributed by atoms with Gasteiger partial charge in [0.25, 0.3) is 17.7 Å². The first-order valence-electron chi connectivity index (χ1n) is 12.1. The van der Waals surface area contributed by atoms with Gasteiger partial charge in [-0.15, -0.1) is 0 Å². The number of ether oxygens (including phenoxy) is 1. The van der Waals surface area contributed by atoms with Gasteiger partial charge in [-0.25, -0.2) is 9.69 Å². The van der Waals surface area contributed by atoms with Gasteiger partial charge >= 0.3 is 5.97 Å². The third-order valence-corrected chi connectivity index (χ3v) is 6.45. The maximum atomic E-state index is 13.1. The zero-order chi connectivity index (χ0) is 25.7. The highest BCUT2D eigenvalue weighted by molar-refractivity contribution is 6.53. The standard InChI is InChI=1S/C27H28ClN3O5/c1-2-16-36-27(35)18-10-12-21(13-11-18)31-25(33)22(28)23(26(31)34)29-20-9-7-8-19(17-20)24(32)30-14-5-3-4-6-15-30/h7-13,17,29H,2-6,14-16H2,1H3. The summed E-state index contributed by atoms with van der Waals surface area (Å²) in [5, 5.41) is 2.67. The molecule has 0 aliphatic carbocycles. The molecule has 1 N–H and O–H groups in total. The molecule has 8 nitrogen and oxygen atoms in total. The second-order valence-corrected chi connectivity index (χ2v) is 9.11.